The number of carboxylic acid groups (broad SMARTS) is 1. The lowest BCUT2D eigenvalue weighted by Crippen LogP contribution is -2.42. The summed E-state index contributed by atoms with van der Waals surface area (Å²) in [5, 5.41) is 15.3. The van der Waals surface area contributed by atoms with Crippen LogP contribution in [0, 0.1) is 11.3 Å². The lowest BCUT2D eigenvalue weighted by molar-refractivity contribution is -0.143. The molecule has 3 unspecified atom stereocenters. The van der Waals surface area contributed by atoms with Gasteiger partial charge < -0.3 is 20.5 Å². The summed E-state index contributed by atoms with van der Waals surface area (Å²) in [5.74, 6) is -0.749. The molecule has 0 saturated heterocycles. The largest absolute Gasteiger partial charge is 0.481 e. The average Bonchev–Trinajstić information content (AvgIpc) is 3.26. The van der Waals surface area contributed by atoms with Gasteiger partial charge in [0.05, 0.1) is 5.41 Å². The number of benzene rings is 2. The molecule has 0 aliphatic heterocycles. The van der Waals surface area contributed by atoms with Gasteiger partial charge in [0, 0.05) is 24.4 Å². The molecule has 2 aromatic rings. The first-order valence-electron chi connectivity index (χ1n) is 12.6. The Hall–Kier alpha value is -3.35. The third-order valence-electron chi connectivity index (χ3n) is 7.94. The van der Waals surface area contributed by atoms with Crippen LogP contribution < -0.4 is 10.6 Å². The number of carbonyl (C=O) groups is 3. The van der Waals surface area contributed by atoms with Crippen molar-refractivity contribution in [3.05, 3.63) is 59.7 Å². The van der Waals surface area contributed by atoms with Crippen molar-refractivity contribution in [1.29, 1.82) is 0 Å². The lowest BCUT2D eigenvalue weighted by Gasteiger charge is -2.21. The number of hydrogen-bond acceptors (Lipinski definition) is 4. The van der Waals surface area contributed by atoms with Gasteiger partial charge in [0.2, 0.25) is 5.91 Å². The van der Waals surface area contributed by atoms with E-state index < -0.39 is 17.5 Å². The number of fused-ring (bicyclic) bond motifs is 4. The Morgan fingerprint density at radius 3 is 2.31 bits per heavy atom. The fourth-order valence-electron chi connectivity index (χ4n) is 6.16. The summed E-state index contributed by atoms with van der Waals surface area (Å²) >= 11 is 0. The number of carbonyl (C=O) groups excluding carboxylic acids is 2. The van der Waals surface area contributed by atoms with E-state index in [2.05, 4.69) is 34.9 Å². The zero-order valence-electron chi connectivity index (χ0n) is 20.0. The number of carboxylic acids is 1. The van der Waals surface area contributed by atoms with Crippen molar-refractivity contribution >= 4 is 18.0 Å². The third kappa shape index (κ3) is 4.51. The van der Waals surface area contributed by atoms with Crippen molar-refractivity contribution in [3.63, 3.8) is 0 Å². The molecule has 0 radical (unpaired) electrons. The molecule has 0 aromatic heterocycles. The fourth-order valence-corrected chi connectivity index (χ4v) is 6.16. The quantitative estimate of drug-likeness (QED) is 0.496. The van der Waals surface area contributed by atoms with Gasteiger partial charge in [-0.2, -0.15) is 0 Å². The number of alkyl carbamates (subject to hydrolysis) is 1. The molecular weight excluding hydrogens is 444 g/mol. The Morgan fingerprint density at radius 1 is 1.06 bits per heavy atom. The SMILES string of the molecule is CCC[C@@H](CC(=O)NC1CC2CC2(C(=O)O)C1)NC(=O)OCC1c2ccccc2-c2ccccc21. The number of nitrogens with one attached hydrogen (secondary N) is 2. The zero-order valence-corrected chi connectivity index (χ0v) is 20.0. The fraction of sp³-hybridized carbons (Fsp3) is 0.464. The molecule has 0 spiro atoms. The summed E-state index contributed by atoms with van der Waals surface area (Å²) < 4.78 is 5.64. The highest BCUT2D eigenvalue weighted by Crippen LogP contribution is 2.63. The Kier molecular flexibility index (Phi) is 6.26. The molecule has 0 bridgehead atoms. The second-order valence-electron chi connectivity index (χ2n) is 10.2. The maximum Gasteiger partial charge on any atom is 0.407 e. The third-order valence-corrected chi connectivity index (χ3v) is 7.94. The van der Waals surface area contributed by atoms with E-state index in [1.165, 1.54) is 11.1 Å². The Bertz CT molecular complexity index is 1100. The highest BCUT2D eigenvalue weighted by molar-refractivity contribution is 5.81. The maximum atomic E-state index is 12.7. The topological polar surface area (TPSA) is 105 Å². The second-order valence-corrected chi connectivity index (χ2v) is 10.2. The van der Waals surface area contributed by atoms with Gasteiger partial charge in [-0.25, -0.2) is 4.79 Å². The Balaban J connectivity index is 1.14. The van der Waals surface area contributed by atoms with Gasteiger partial charge in [0.15, 0.2) is 0 Å². The summed E-state index contributed by atoms with van der Waals surface area (Å²) in [6, 6.07) is 15.9. The number of amides is 2. The summed E-state index contributed by atoms with van der Waals surface area (Å²) in [4.78, 5) is 36.8. The predicted octanol–water partition coefficient (Wildman–Crippen LogP) is 4.45. The summed E-state index contributed by atoms with van der Waals surface area (Å²) in [6.07, 6.45) is 3.03. The zero-order chi connectivity index (χ0) is 24.6. The molecule has 3 aliphatic rings. The minimum atomic E-state index is -0.750. The van der Waals surface area contributed by atoms with Crippen LogP contribution in [0.5, 0.6) is 0 Å². The molecule has 2 aromatic carbocycles. The maximum absolute atomic E-state index is 12.7. The van der Waals surface area contributed by atoms with E-state index in [1.807, 2.05) is 31.2 Å². The lowest BCUT2D eigenvalue weighted by atomic mass is 9.98. The van der Waals surface area contributed by atoms with E-state index in [4.69, 9.17) is 4.74 Å². The van der Waals surface area contributed by atoms with E-state index in [9.17, 15) is 19.5 Å². The average molecular weight is 477 g/mol. The van der Waals surface area contributed by atoms with Gasteiger partial charge in [0.1, 0.15) is 6.61 Å². The standard InChI is InChI=1S/C28H32N2O5/c1-2-7-18(13-25(31)29-19-12-17-14-28(17,15-19)26(32)33)30-27(34)35-16-24-22-10-5-3-8-20(22)21-9-4-6-11-23(21)24/h3-6,8-11,17-19,24H,2,7,12-16H2,1H3,(H,29,31)(H,30,34)(H,32,33)/t17?,18-,19?,28?/m0/s1. The van der Waals surface area contributed by atoms with Crippen LogP contribution in [0.25, 0.3) is 11.1 Å². The van der Waals surface area contributed by atoms with E-state index in [1.54, 1.807) is 0 Å². The molecule has 0 heterocycles. The first-order valence-corrected chi connectivity index (χ1v) is 12.6. The summed E-state index contributed by atoms with van der Waals surface area (Å²) in [6.45, 7) is 2.23. The molecule has 7 nitrogen and oxygen atoms in total. The number of aliphatic carboxylic acids is 1. The van der Waals surface area contributed by atoms with E-state index in [0.29, 0.717) is 12.8 Å². The number of hydrogen-bond donors (Lipinski definition) is 3. The highest BCUT2D eigenvalue weighted by atomic mass is 16.5. The Morgan fingerprint density at radius 2 is 1.71 bits per heavy atom. The molecule has 4 atom stereocenters. The van der Waals surface area contributed by atoms with Crippen LogP contribution in [0.4, 0.5) is 4.79 Å². The molecule has 7 heteroatoms. The smallest absolute Gasteiger partial charge is 0.407 e. The Labute approximate surface area is 205 Å². The van der Waals surface area contributed by atoms with Gasteiger partial charge in [-0.15, -0.1) is 0 Å². The van der Waals surface area contributed by atoms with Crippen LogP contribution in [0.3, 0.4) is 0 Å². The van der Waals surface area contributed by atoms with E-state index in [-0.39, 0.29) is 42.9 Å². The van der Waals surface area contributed by atoms with Gasteiger partial charge in [-0.3, -0.25) is 9.59 Å². The summed E-state index contributed by atoms with van der Waals surface area (Å²) in [7, 11) is 0. The molecule has 3 N–H and O–H groups in total. The number of ether oxygens (including phenoxy) is 1. The molecule has 5 rings (SSSR count). The molecule has 35 heavy (non-hydrogen) atoms. The summed E-state index contributed by atoms with van der Waals surface area (Å²) in [5.41, 5.74) is 4.03. The van der Waals surface area contributed by atoms with Gasteiger partial charge in [-0.05, 0) is 53.9 Å². The van der Waals surface area contributed by atoms with Crippen molar-refractivity contribution < 1.29 is 24.2 Å². The minimum Gasteiger partial charge on any atom is -0.481 e. The van der Waals surface area contributed by atoms with E-state index in [0.717, 1.165) is 30.4 Å². The van der Waals surface area contributed by atoms with Crippen LogP contribution in [0.1, 0.15) is 62.5 Å². The van der Waals surface area contributed by atoms with Crippen LogP contribution in [0.2, 0.25) is 0 Å². The van der Waals surface area contributed by atoms with Gasteiger partial charge in [-0.1, -0.05) is 61.9 Å². The first-order chi connectivity index (χ1) is 16.9. The van der Waals surface area contributed by atoms with Crippen LogP contribution >= 0.6 is 0 Å². The monoisotopic (exact) mass is 476 g/mol. The van der Waals surface area contributed by atoms with Gasteiger partial charge >= 0.3 is 12.1 Å². The van der Waals surface area contributed by atoms with Crippen LogP contribution in [-0.4, -0.2) is 41.8 Å². The number of rotatable bonds is 9. The van der Waals surface area contributed by atoms with Crippen molar-refractivity contribution in [2.24, 2.45) is 11.3 Å². The highest BCUT2D eigenvalue weighted by Gasteiger charge is 2.65. The molecule has 2 fully saturated rings. The molecular formula is C28H32N2O5. The first kappa shape index (κ1) is 23.4. The van der Waals surface area contributed by atoms with Gasteiger partial charge in [0.25, 0.3) is 0 Å². The molecule has 2 amide bonds. The second kappa shape index (κ2) is 9.36. The van der Waals surface area contributed by atoms with Crippen LogP contribution in [0.15, 0.2) is 48.5 Å². The molecule has 2 saturated carbocycles. The van der Waals surface area contributed by atoms with E-state index >= 15 is 0 Å². The van der Waals surface area contributed by atoms with Crippen molar-refractivity contribution in [3.8, 4) is 11.1 Å². The molecule has 184 valence electrons. The normalized spacial score (nSPS) is 24.6. The molecule has 3 aliphatic carbocycles. The van der Waals surface area contributed by atoms with Crippen molar-refractivity contribution in [2.75, 3.05) is 6.61 Å². The van der Waals surface area contributed by atoms with Crippen molar-refractivity contribution in [1.82, 2.24) is 10.6 Å². The van der Waals surface area contributed by atoms with Crippen molar-refractivity contribution in [2.45, 2.75) is 63.5 Å². The van der Waals surface area contributed by atoms with Crippen LogP contribution in [-0.2, 0) is 14.3 Å². The minimum absolute atomic E-state index is 0.0172. The predicted molar refractivity (Wildman–Crippen MR) is 131 cm³/mol.